The SMILES string of the molecule is COCC1OC(n2cc(C)c(=O)n(CCCCC[N+](C)(C)C)c2=O)CC1OP(O)OC. The Morgan fingerprint density at radius 3 is 2.55 bits per heavy atom. The zero-order valence-corrected chi connectivity index (χ0v) is 20.3. The molecule has 4 atom stereocenters. The number of hydrogen-bond donors (Lipinski definition) is 1. The Labute approximate surface area is 184 Å². The lowest BCUT2D eigenvalue weighted by molar-refractivity contribution is -0.870. The second-order valence-electron chi connectivity index (χ2n) is 8.92. The fourth-order valence-electron chi connectivity index (χ4n) is 3.65. The molecule has 0 radical (unpaired) electrons. The quantitative estimate of drug-likeness (QED) is 0.285. The summed E-state index contributed by atoms with van der Waals surface area (Å²) in [5, 5.41) is 0. The number of ether oxygens (including phenoxy) is 2. The Bertz CT molecular complexity index is 820. The number of rotatable bonds is 12. The van der Waals surface area contributed by atoms with E-state index in [1.807, 2.05) is 0 Å². The molecule has 1 aromatic heterocycles. The maximum Gasteiger partial charge on any atom is 0.333 e. The highest BCUT2D eigenvalue weighted by Gasteiger charge is 2.39. The molecule has 1 saturated heterocycles. The third kappa shape index (κ3) is 7.46. The van der Waals surface area contributed by atoms with Gasteiger partial charge in [0.25, 0.3) is 5.56 Å². The van der Waals surface area contributed by atoms with Crippen LogP contribution in [0.3, 0.4) is 0 Å². The van der Waals surface area contributed by atoms with Gasteiger partial charge in [-0.05, 0) is 26.2 Å². The predicted octanol–water partition coefficient (Wildman–Crippen LogP) is 1.38. The van der Waals surface area contributed by atoms with Gasteiger partial charge >= 0.3 is 14.3 Å². The number of hydrogen-bond acceptors (Lipinski definition) is 7. The van der Waals surface area contributed by atoms with Crippen LogP contribution in [0, 0.1) is 6.92 Å². The average Bonchev–Trinajstić information content (AvgIpc) is 3.08. The summed E-state index contributed by atoms with van der Waals surface area (Å²) in [5.74, 6) is 0. The Balaban J connectivity index is 2.16. The van der Waals surface area contributed by atoms with Crippen LogP contribution in [0.4, 0.5) is 0 Å². The Kier molecular flexibility index (Phi) is 9.82. The van der Waals surface area contributed by atoms with E-state index in [2.05, 4.69) is 21.1 Å². The highest BCUT2D eigenvalue weighted by Crippen LogP contribution is 2.40. The lowest BCUT2D eigenvalue weighted by Crippen LogP contribution is -2.42. The minimum Gasteiger partial charge on any atom is -0.382 e. The first-order valence-corrected chi connectivity index (χ1v) is 11.7. The molecule has 2 rings (SSSR count). The summed E-state index contributed by atoms with van der Waals surface area (Å²) in [6.07, 6.45) is 3.01. The van der Waals surface area contributed by atoms with Crippen molar-refractivity contribution in [1.82, 2.24) is 9.13 Å². The van der Waals surface area contributed by atoms with Crippen molar-refractivity contribution in [2.24, 2.45) is 0 Å². The molecule has 1 aromatic rings. The molecule has 1 aliphatic rings. The van der Waals surface area contributed by atoms with Crippen LogP contribution in [-0.2, 0) is 25.1 Å². The largest absolute Gasteiger partial charge is 0.382 e. The molecule has 11 heteroatoms. The lowest BCUT2D eigenvalue weighted by atomic mass is 10.2. The average molecular weight is 463 g/mol. The molecule has 0 saturated carbocycles. The standard InChI is InChI=1S/C20H37N3O7P/c1-15-13-22(18-12-16(30-31(26)28-6)17(29-18)14-27-5)20(25)21(19(15)24)10-8-7-9-11-23(2,3)4/h13,16-18,26H,7-12,14H2,1-6H3/q+1. The zero-order valence-electron chi connectivity index (χ0n) is 19.4. The van der Waals surface area contributed by atoms with Crippen LogP contribution < -0.4 is 11.2 Å². The second-order valence-corrected chi connectivity index (χ2v) is 9.97. The smallest absolute Gasteiger partial charge is 0.333 e. The number of quaternary nitrogens is 1. The van der Waals surface area contributed by atoms with Crippen molar-refractivity contribution < 1.29 is 27.9 Å². The van der Waals surface area contributed by atoms with E-state index in [9.17, 15) is 14.5 Å². The van der Waals surface area contributed by atoms with Crippen molar-refractivity contribution in [3.8, 4) is 0 Å². The van der Waals surface area contributed by atoms with E-state index in [4.69, 9.17) is 18.5 Å². The van der Waals surface area contributed by atoms with Gasteiger partial charge in [0.15, 0.2) is 0 Å². The fourth-order valence-corrected chi connectivity index (χ4v) is 4.19. The molecule has 0 aliphatic carbocycles. The predicted molar refractivity (Wildman–Crippen MR) is 118 cm³/mol. The van der Waals surface area contributed by atoms with Gasteiger partial charge in [-0.25, -0.2) is 4.79 Å². The molecule has 31 heavy (non-hydrogen) atoms. The summed E-state index contributed by atoms with van der Waals surface area (Å²) in [6.45, 7) is 3.35. The highest BCUT2D eigenvalue weighted by atomic mass is 31.2. The summed E-state index contributed by atoms with van der Waals surface area (Å²) in [6, 6.07) is 0. The summed E-state index contributed by atoms with van der Waals surface area (Å²) in [4.78, 5) is 35.5. The number of methoxy groups -OCH3 is 1. The van der Waals surface area contributed by atoms with Crippen LogP contribution in [0.25, 0.3) is 0 Å². The number of aromatic nitrogens is 2. The molecule has 0 bridgehead atoms. The van der Waals surface area contributed by atoms with Crippen LogP contribution in [0.2, 0.25) is 0 Å². The van der Waals surface area contributed by atoms with Crippen molar-refractivity contribution in [3.63, 3.8) is 0 Å². The lowest BCUT2D eigenvalue weighted by Gasteiger charge is -2.23. The van der Waals surface area contributed by atoms with E-state index in [1.54, 1.807) is 14.0 Å². The third-order valence-electron chi connectivity index (χ3n) is 5.28. The molecule has 10 nitrogen and oxygen atoms in total. The van der Waals surface area contributed by atoms with Gasteiger partial charge in [0.2, 0.25) is 0 Å². The van der Waals surface area contributed by atoms with Crippen LogP contribution in [0.15, 0.2) is 15.8 Å². The van der Waals surface area contributed by atoms with E-state index in [0.717, 1.165) is 30.3 Å². The van der Waals surface area contributed by atoms with Gasteiger partial charge in [-0.3, -0.25) is 13.9 Å². The first kappa shape index (κ1) is 26.1. The van der Waals surface area contributed by atoms with Crippen LogP contribution in [-0.4, -0.2) is 79.2 Å². The van der Waals surface area contributed by atoms with Crippen LogP contribution >= 0.6 is 8.60 Å². The fraction of sp³-hybridized carbons (Fsp3) is 0.800. The minimum absolute atomic E-state index is 0.244. The Hall–Kier alpha value is -1.13. The van der Waals surface area contributed by atoms with E-state index >= 15 is 0 Å². The molecule has 1 N–H and O–H groups in total. The van der Waals surface area contributed by atoms with Crippen LogP contribution in [0.1, 0.15) is 37.5 Å². The molecular weight excluding hydrogens is 425 g/mol. The topological polar surface area (TPSA) is 101 Å². The van der Waals surface area contributed by atoms with E-state index in [1.165, 1.54) is 22.4 Å². The molecule has 0 spiro atoms. The van der Waals surface area contributed by atoms with Gasteiger partial charge in [-0.2, -0.15) is 0 Å². The van der Waals surface area contributed by atoms with Crippen molar-refractivity contribution in [2.75, 3.05) is 48.5 Å². The maximum atomic E-state index is 13.1. The first-order chi connectivity index (χ1) is 14.6. The molecule has 178 valence electrons. The van der Waals surface area contributed by atoms with Gasteiger partial charge in [0, 0.05) is 38.9 Å². The normalized spacial score (nSPS) is 22.7. The van der Waals surface area contributed by atoms with Gasteiger partial charge in [0.05, 0.1) is 40.4 Å². The molecule has 1 aliphatic heterocycles. The van der Waals surface area contributed by atoms with Gasteiger partial charge in [-0.15, -0.1) is 0 Å². The number of nitrogens with zero attached hydrogens (tertiary/aromatic N) is 3. The highest BCUT2D eigenvalue weighted by molar-refractivity contribution is 7.40. The molecular formula is C20H37N3O7P+. The number of aryl methyl sites for hydroxylation is 1. The molecule has 2 heterocycles. The van der Waals surface area contributed by atoms with Gasteiger partial charge in [0.1, 0.15) is 12.3 Å². The maximum absolute atomic E-state index is 13.1. The van der Waals surface area contributed by atoms with Crippen molar-refractivity contribution in [3.05, 3.63) is 32.6 Å². The Morgan fingerprint density at radius 1 is 1.23 bits per heavy atom. The summed E-state index contributed by atoms with van der Waals surface area (Å²) in [7, 11) is 7.29. The van der Waals surface area contributed by atoms with Crippen molar-refractivity contribution in [2.45, 2.75) is 57.6 Å². The van der Waals surface area contributed by atoms with Crippen molar-refractivity contribution >= 4 is 8.60 Å². The Morgan fingerprint density at radius 2 is 1.94 bits per heavy atom. The zero-order chi connectivity index (χ0) is 23.2. The monoisotopic (exact) mass is 462 g/mol. The van der Waals surface area contributed by atoms with E-state index in [-0.39, 0.29) is 12.2 Å². The molecule has 1 fully saturated rings. The molecule has 0 amide bonds. The van der Waals surface area contributed by atoms with E-state index in [0.29, 0.717) is 18.5 Å². The second kappa shape index (κ2) is 11.7. The van der Waals surface area contributed by atoms with Crippen molar-refractivity contribution in [1.29, 1.82) is 0 Å². The van der Waals surface area contributed by atoms with E-state index < -0.39 is 32.7 Å². The first-order valence-electron chi connectivity index (χ1n) is 10.5. The van der Waals surface area contributed by atoms with Gasteiger partial charge in [-0.1, -0.05) is 0 Å². The third-order valence-corrected chi connectivity index (χ3v) is 6.04. The van der Waals surface area contributed by atoms with Gasteiger partial charge < -0.3 is 27.9 Å². The minimum atomic E-state index is -2.04. The van der Waals surface area contributed by atoms with Crippen LogP contribution in [0.5, 0.6) is 0 Å². The number of unbranched alkanes of at least 4 members (excludes halogenated alkanes) is 2. The molecule has 4 unspecified atom stereocenters. The molecule has 0 aromatic carbocycles. The summed E-state index contributed by atoms with van der Waals surface area (Å²) >= 11 is 0. The summed E-state index contributed by atoms with van der Waals surface area (Å²) in [5.41, 5.74) is -0.198. The summed E-state index contributed by atoms with van der Waals surface area (Å²) < 4.78 is 25.2.